The number of benzene rings is 1. The van der Waals surface area contributed by atoms with Crippen LogP contribution in [0.15, 0.2) is 24.3 Å². The summed E-state index contributed by atoms with van der Waals surface area (Å²) in [6, 6.07) is 4.59. The van der Waals surface area contributed by atoms with Crippen LogP contribution in [0.3, 0.4) is 0 Å². The molecule has 1 atom stereocenters. The molecule has 0 bridgehead atoms. The molecule has 0 saturated carbocycles. The molecule has 1 aromatic rings. The maximum absolute atomic E-state index is 12.3. The van der Waals surface area contributed by atoms with E-state index in [0.717, 1.165) is 12.1 Å². The molecule has 1 unspecified atom stereocenters. The first kappa shape index (κ1) is 12.0. The largest absolute Gasteiger partial charge is 0.416 e. The number of carbonyl (C=O) groups excluding carboxylic acids is 1. The van der Waals surface area contributed by atoms with Crippen molar-refractivity contribution in [1.29, 1.82) is 0 Å². The van der Waals surface area contributed by atoms with E-state index in [0.29, 0.717) is 0 Å². The van der Waals surface area contributed by atoms with Crippen LogP contribution < -0.4 is 0 Å². The van der Waals surface area contributed by atoms with Gasteiger partial charge in [0.25, 0.3) is 0 Å². The average Bonchev–Trinajstić information content (AvgIpc) is 2.15. The van der Waals surface area contributed by atoms with Gasteiger partial charge in [0, 0.05) is 0 Å². The first-order valence-corrected chi connectivity index (χ1v) is 4.56. The number of hydrogen-bond acceptors (Lipinski definition) is 1. The first-order chi connectivity index (χ1) is 6.82. The summed E-state index contributed by atoms with van der Waals surface area (Å²) in [4.78, 5) is 10.8. The highest BCUT2D eigenvalue weighted by molar-refractivity contribution is 6.64. The number of carbonyl (C=O) groups is 1. The van der Waals surface area contributed by atoms with E-state index >= 15 is 0 Å². The molecule has 0 spiro atoms. The van der Waals surface area contributed by atoms with Crippen molar-refractivity contribution in [2.45, 2.75) is 19.0 Å². The number of halogens is 4. The van der Waals surface area contributed by atoms with Crippen LogP contribution in [0.2, 0.25) is 0 Å². The Hall–Kier alpha value is -1.03. The van der Waals surface area contributed by atoms with Gasteiger partial charge in [-0.25, -0.2) is 0 Å². The minimum Gasteiger partial charge on any atom is -0.281 e. The van der Waals surface area contributed by atoms with Gasteiger partial charge in [0.1, 0.15) is 0 Å². The molecule has 82 valence electrons. The summed E-state index contributed by atoms with van der Waals surface area (Å²) in [5.74, 6) is -0.728. The molecule has 1 aromatic carbocycles. The quantitative estimate of drug-likeness (QED) is 0.718. The normalized spacial score (nSPS) is 13.7. The lowest BCUT2D eigenvalue weighted by Crippen LogP contribution is -2.08. The molecule has 1 nitrogen and oxygen atoms in total. The van der Waals surface area contributed by atoms with E-state index in [9.17, 15) is 18.0 Å². The molecule has 1 rings (SSSR count). The topological polar surface area (TPSA) is 17.1 Å². The van der Waals surface area contributed by atoms with E-state index in [1.807, 2.05) is 0 Å². The van der Waals surface area contributed by atoms with Gasteiger partial charge in [-0.1, -0.05) is 25.1 Å². The highest BCUT2D eigenvalue weighted by atomic mass is 35.5. The van der Waals surface area contributed by atoms with Crippen molar-refractivity contribution in [2.75, 3.05) is 0 Å². The fraction of sp³-hybridized carbons (Fsp3) is 0.300. The maximum atomic E-state index is 12.3. The second-order valence-electron chi connectivity index (χ2n) is 3.15. The van der Waals surface area contributed by atoms with E-state index in [-0.39, 0.29) is 5.56 Å². The molecule has 0 aromatic heterocycles. The van der Waals surface area contributed by atoms with E-state index in [4.69, 9.17) is 11.6 Å². The monoisotopic (exact) mass is 236 g/mol. The van der Waals surface area contributed by atoms with Gasteiger partial charge in [-0.3, -0.25) is 4.79 Å². The van der Waals surface area contributed by atoms with Crippen LogP contribution in [0, 0.1) is 0 Å². The lowest BCUT2D eigenvalue weighted by Gasteiger charge is -2.10. The SMILES string of the molecule is CC(C(=O)Cl)c1cccc(C(F)(F)F)c1. The van der Waals surface area contributed by atoms with Gasteiger partial charge in [-0.15, -0.1) is 0 Å². The summed E-state index contributed by atoms with van der Waals surface area (Å²) < 4.78 is 36.9. The van der Waals surface area contributed by atoms with Crippen molar-refractivity contribution in [1.82, 2.24) is 0 Å². The van der Waals surface area contributed by atoms with Gasteiger partial charge < -0.3 is 0 Å². The third-order valence-electron chi connectivity index (χ3n) is 2.05. The molecule has 15 heavy (non-hydrogen) atoms. The number of alkyl halides is 3. The molecular formula is C10H8ClF3O. The molecule has 0 fully saturated rings. The summed E-state index contributed by atoms with van der Waals surface area (Å²) in [6.45, 7) is 1.46. The Morgan fingerprint density at radius 3 is 2.47 bits per heavy atom. The molecule has 0 radical (unpaired) electrons. The first-order valence-electron chi connectivity index (χ1n) is 4.19. The molecule has 0 aliphatic carbocycles. The third-order valence-corrected chi connectivity index (χ3v) is 2.38. The summed E-state index contributed by atoms with van der Waals surface area (Å²) in [7, 11) is 0. The smallest absolute Gasteiger partial charge is 0.281 e. The predicted octanol–water partition coefficient (Wildman–Crippen LogP) is 3.57. The van der Waals surface area contributed by atoms with Crippen molar-refractivity contribution < 1.29 is 18.0 Å². The Labute approximate surface area is 89.9 Å². The molecular weight excluding hydrogens is 229 g/mol. The van der Waals surface area contributed by atoms with Crippen LogP contribution in [0.25, 0.3) is 0 Å². The third kappa shape index (κ3) is 2.96. The van der Waals surface area contributed by atoms with Crippen LogP contribution in [0.4, 0.5) is 13.2 Å². The van der Waals surface area contributed by atoms with Crippen molar-refractivity contribution in [3.8, 4) is 0 Å². The highest BCUT2D eigenvalue weighted by Gasteiger charge is 2.31. The standard InChI is InChI=1S/C10H8ClF3O/c1-6(9(11)15)7-3-2-4-8(5-7)10(12,13)14/h2-6H,1H3. The van der Waals surface area contributed by atoms with Crippen LogP contribution >= 0.6 is 11.6 Å². The minimum absolute atomic E-state index is 0.268. The lowest BCUT2D eigenvalue weighted by molar-refractivity contribution is -0.137. The summed E-state index contributed by atoms with van der Waals surface area (Å²) in [5.41, 5.74) is -0.505. The Kier molecular flexibility index (Phi) is 3.39. The van der Waals surface area contributed by atoms with E-state index < -0.39 is 22.9 Å². The summed E-state index contributed by atoms with van der Waals surface area (Å²) >= 11 is 5.21. The Bertz CT molecular complexity index is 373. The molecule has 0 amide bonds. The Morgan fingerprint density at radius 2 is 2.00 bits per heavy atom. The summed E-state index contributed by atoms with van der Waals surface area (Å²) in [5, 5.41) is -0.672. The fourth-order valence-corrected chi connectivity index (χ4v) is 1.24. The van der Waals surface area contributed by atoms with Crippen molar-refractivity contribution in [3.63, 3.8) is 0 Å². The molecule has 0 aliphatic rings. The van der Waals surface area contributed by atoms with E-state index in [1.165, 1.54) is 19.1 Å². The van der Waals surface area contributed by atoms with E-state index in [2.05, 4.69) is 0 Å². The summed E-state index contributed by atoms with van der Waals surface area (Å²) in [6.07, 6.45) is -4.40. The number of hydrogen-bond donors (Lipinski definition) is 0. The molecule has 0 N–H and O–H groups in total. The predicted molar refractivity (Wildman–Crippen MR) is 50.7 cm³/mol. The van der Waals surface area contributed by atoms with Gasteiger partial charge in [-0.05, 0) is 23.2 Å². The van der Waals surface area contributed by atoms with Gasteiger partial charge in [0.2, 0.25) is 5.24 Å². The molecule has 0 aliphatic heterocycles. The number of rotatable bonds is 2. The van der Waals surface area contributed by atoms with Gasteiger partial charge in [-0.2, -0.15) is 13.2 Å². The highest BCUT2D eigenvalue weighted by Crippen LogP contribution is 2.31. The van der Waals surface area contributed by atoms with Crippen LogP contribution in [-0.4, -0.2) is 5.24 Å². The van der Waals surface area contributed by atoms with Crippen molar-refractivity contribution in [3.05, 3.63) is 35.4 Å². The van der Waals surface area contributed by atoms with Crippen LogP contribution in [0.1, 0.15) is 24.0 Å². The maximum Gasteiger partial charge on any atom is 0.416 e. The van der Waals surface area contributed by atoms with E-state index in [1.54, 1.807) is 0 Å². The zero-order valence-corrected chi connectivity index (χ0v) is 8.56. The minimum atomic E-state index is -4.40. The molecule has 5 heteroatoms. The second kappa shape index (κ2) is 4.23. The van der Waals surface area contributed by atoms with Crippen LogP contribution in [0.5, 0.6) is 0 Å². The zero-order valence-electron chi connectivity index (χ0n) is 7.81. The lowest BCUT2D eigenvalue weighted by atomic mass is 10.0. The fourth-order valence-electron chi connectivity index (χ4n) is 1.12. The van der Waals surface area contributed by atoms with Crippen molar-refractivity contribution in [2.24, 2.45) is 0 Å². The van der Waals surface area contributed by atoms with Gasteiger partial charge in [0.05, 0.1) is 11.5 Å². The van der Waals surface area contributed by atoms with Crippen LogP contribution in [-0.2, 0) is 11.0 Å². The Balaban J connectivity index is 3.08. The van der Waals surface area contributed by atoms with Gasteiger partial charge in [0.15, 0.2) is 0 Å². The zero-order chi connectivity index (χ0) is 11.6. The Morgan fingerprint density at radius 1 is 1.40 bits per heavy atom. The van der Waals surface area contributed by atoms with Gasteiger partial charge >= 0.3 is 6.18 Å². The average molecular weight is 237 g/mol. The molecule has 0 saturated heterocycles. The van der Waals surface area contributed by atoms with Crippen molar-refractivity contribution >= 4 is 16.8 Å². The molecule has 0 heterocycles. The second-order valence-corrected chi connectivity index (χ2v) is 3.52.